The predicted molar refractivity (Wildman–Crippen MR) is 332 cm³/mol. The van der Waals surface area contributed by atoms with Gasteiger partial charge in [0.25, 0.3) is 0 Å². The molecule has 0 aliphatic rings. The van der Waals surface area contributed by atoms with E-state index in [9.17, 15) is 28.8 Å². The first-order valence-corrected chi connectivity index (χ1v) is 26.3. The van der Waals surface area contributed by atoms with Crippen LogP contribution in [0.1, 0.15) is 136 Å². The van der Waals surface area contributed by atoms with E-state index in [-0.39, 0.29) is 88.6 Å². The minimum absolute atomic E-state index is 0. The number of nitrogens with one attached hydrogen (secondary N) is 3. The Morgan fingerprint density at radius 1 is 0.440 bits per heavy atom. The van der Waals surface area contributed by atoms with Crippen LogP contribution in [0.25, 0.3) is 22.3 Å². The zero-order valence-electron chi connectivity index (χ0n) is 51.9. The quantitative estimate of drug-likeness (QED) is 0.0216. The Morgan fingerprint density at radius 3 is 0.845 bits per heavy atom. The van der Waals surface area contributed by atoms with Crippen LogP contribution >= 0.6 is 0 Å². The van der Waals surface area contributed by atoms with Crippen LogP contribution in [-0.4, -0.2) is 124 Å². The molecule has 0 aliphatic heterocycles. The molecular weight excluding hydrogens is 1080 g/mol. The molecule has 18 nitrogen and oxygen atoms in total. The number of aliphatic hydroxyl groups is 3. The van der Waals surface area contributed by atoms with Crippen molar-refractivity contribution in [2.75, 3.05) is 39.6 Å². The molecule has 0 saturated heterocycles. The van der Waals surface area contributed by atoms with Crippen LogP contribution in [0.15, 0.2) is 123 Å². The Kier molecular flexibility index (Phi) is 34.6. The molecule has 84 heavy (non-hydrogen) atoms. The number of carboxylic acids is 3. The van der Waals surface area contributed by atoms with Crippen molar-refractivity contribution in [1.82, 2.24) is 16.0 Å². The summed E-state index contributed by atoms with van der Waals surface area (Å²) in [6.45, 7) is 40.6. The molecule has 0 heterocycles. The molecule has 9 N–H and O–H groups in total. The Morgan fingerprint density at radius 2 is 0.667 bits per heavy atom. The van der Waals surface area contributed by atoms with E-state index in [1.807, 2.05) is 142 Å². The van der Waals surface area contributed by atoms with Crippen LogP contribution in [0, 0.1) is 17.8 Å². The molecular formula is C64H91AlLiN3O15. The molecule has 0 unspecified atom stereocenters. The van der Waals surface area contributed by atoms with E-state index in [4.69, 9.17) is 44.8 Å². The number of hydrogen-bond donors (Lipinski definition) is 9. The zero-order valence-corrected chi connectivity index (χ0v) is 50.9. The number of ether oxygens (including phenoxy) is 3. The summed E-state index contributed by atoms with van der Waals surface area (Å²) in [5.41, 5.74) is 9.87. The third-order valence-corrected chi connectivity index (χ3v) is 12.6. The Labute approximate surface area is 520 Å². The minimum atomic E-state index is -2.36. The number of amides is 3. The number of carbonyl (C=O) groups excluding carboxylic acids is 3. The fourth-order valence-electron chi connectivity index (χ4n) is 7.08. The minimum Gasteiger partial charge on any atom is -1.00 e. The van der Waals surface area contributed by atoms with Crippen molar-refractivity contribution in [1.29, 1.82) is 0 Å². The third kappa shape index (κ3) is 28.1. The molecule has 0 fully saturated rings. The number of carbonyl (C=O) groups is 6. The number of benzene rings is 4. The van der Waals surface area contributed by atoms with E-state index in [1.54, 1.807) is 0 Å². The number of aliphatic carboxylic acids is 3. The normalized spacial score (nSPS) is 10.9. The van der Waals surface area contributed by atoms with Crippen molar-refractivity contribution in [3.63, 3.8) is 0 Å². The van der Waals surface area contributed by atoms with Gasteiger partial charge in [-0.2, -0.15) is 0 Å². The molecule has 4 aromatic rings. The molecule has 0 saturated carbocycles. The summed E-state index contributed by atoms with van der Waals surface area (Å²) in [6.07, 6.45) is -2.04. The molecule has 4 aromatic carbocycles. The number of allylic oxidation sites excluding steroid dienone is 4. The molecule has 3 amide bonds. The van der Waals surface area contributed by atoms with Crippen LogP contribution < -0.4 is 34.8 Å². The monoisotopic (exact) mass is 1180 g/mol. The van der Waals surface area contributed by atoms with E-state index >= 15 is 0 Å². The summed E-state index contributed by atoms with van der Waals surface area (Å²) in [7, 11) is 0. The third-order valence-electron chi connectivity index (χ3n) is 12.6. The van der Waals surface area contributed by atoms with Crippen molar-refractivity contribution >= 4 is 75.8 Å². The van der Waals surface area contributed by atoms with Gasteiger partial charge in [0.05, 0.1) is 42.4 Å². The summed E-state index contributed by atoms with van der Waals surface area (Å²) < 4.78 is 16.8. The van der Waals surface area contributed by atoms with Crippen LogP contribution in [-0.2, 0) is 50.6 Å². The largest absolute Gasteiger partial charge is 1.00 e. The summed E-state index contributed by atoms with van der Waals surface area (Å²) in [5.74, 6) is -9.01. The second-order valence-corrected chi connectivity index (χ2v) is 22.5. The molecule has 456 valence electrons. The van der Waals surface area contributed by atoms with Crippen LogP contribution in [0.2, 0.25) is 0 Å². The standard InChI is InChI=1S/C43H55N3O6.C13H18.C4H4O6.C4H10O3.Al.Li.4H/c1-28(2)32-16-13-19-35(22-32)41(7,8)44-38(47)50-25-31(26-51-39(48)45-42(9,10)36-20-14-17-33(23-36)29(3)4)27-52-40(49)46-43(11,12)37-21-15-18-34(24-37)30(5)6;1-10(2)11-7-6-8-12(9-11)13(3,4)5;5-2(6)1(3(7)8)4(9)10;5-1-4(2-6)3-7;;;;;;/h13-24,31H,1,3,5,25-27H2,2,4,6-12H3,(H,44,47)(H,45,48)(H,46,49);6-9H,1H2,2-5H3;1H,(H,5,6)(H,7,8)(H,9,10);4-7H,1-3H2;;;;;;/q;;;;;+1;;;;-1. The summed E-state index contributed by atoms with van der Waals surface area (Å²) in [6, 6.07) is 31.9. The fraction of sp³-hybridized carbons (Fsp3) is 0.406. The maximum absolute atomic E-state index is 13.1. The van der Waals surface area contributed by atoms with Crippen LogP contribution in [0.5, 0.6) is 0 Å². The van der Waals surface area contributed by atoms with Gasteiger partial charge in [-0.15, -0.1) is 0 Å². The van der Waals surface area contributed by atoms with Gasteiger partial charge in [0, 0.05) is 5.92 Å². The molecule has 0 radical (unpaired) electrons. The number of alkyl carbamates (subject to hydrolysis) is 3. The van der Waals surface area contributed by atoms with Crippen molar-refractivity contribution in [2.45, 2.75) is 112 Å². The van der Waals surface area contributed by atoms with Crippen molar-refractivity contribution in [2.24, 2.45) is 17.8 Å². The first-order chi connectivity index (χ1) is 37.9. The van der Waals surface area contributed by atoms with Crippen molar-refractivity contribution < 1.29 is 93.9 Å². The summed E-state index contributed by atoms with van der Waals surface area (Å²) >= 11 is 0. The number of aliphatic hydroxyl groups excluding tert-OH is 3. The molecule has 0 bridgehead atoms. The van der Waals surface area contributed by atoms with Crippen LogP contribution in [0.4, 0.5) is 14.4 Å². The first kappa shape index (κ1) is 79.1. The average Bonchev–Trinajstić information content (AvgIpc) is 3.56. The van der Waals surface area contributed by atoms with Crippen molar-refractivity contribution in [3.8, 4) is 0 Å². The number of rotatable bonds is 22. The van der Waals surface area contributed by atoms with Gasteiger partial charge in [0.2, 0.25) is 5.92 Å². The van der Waals surface area contributed by atoms with Gasteiger partial charge in [0.15, 0.2) is 17.4 Å². The van der Waals surface area contributed by atoms with Crippen molar-refractivity contribution in [3.05, 3.63) is 168 Å². The second kappa shape index (κ2) is 36.7. The van der Waals surface area contributed by atoms with Gasteiger partial charge < -0.3 is 62.2 Å². The zero-order chi connectivity index (χ0) is 62.9. The average molecular weight is 1180 g/mol. The van der Waals surface area contributed by atoms with Gasteiger partial charge >= 0.3 is 55.0 Å². The van der Waals surface area contributed by atoms with Gasteiger partial charge in [-0.25, -0.2) is 14.4 Å². The van der Waals surface area contributed by atoms with Crippen LogP contribution in [0.3, 0.4) is 0 Å². The molecule has 0 aromatic heterocycles. The molecule has 0 aliphatic carbocycles. The summed E-state index contributed by atoms with van der Waals surface area (Å²) in [5, 5.41) is 57.2. The topological polar surface area (TPSA) is 288 Å². The molecule has 20 heteroatoms. The van der Waals surface area contributed by atoms with Gasteiger partial charge in [-0.1, -0.05) is 148 Å². The Hall–Kier alpha value is -6.93. The van der Waals surface area contributed by atoms with Gasteiger partial charge in [-0.05, 0) is 137 Å². The maximum atomic E-state index is 13.1. The van der Waals surface area contributed by atoms with E-state index in [0.717, 1.165) is 55.7 Å². The second-order valence-electron chi connectivity index (χ2n) is 22.5. The Bertz CT molecular complexity index is 2630. The maximum Gasteiger partial charge on any atom is 1.00 e. The Balaban J connectivity index is -0.00000165. The predicted octanol–water partition coefficient (Wildman–Crippen LogP) is 7.07. The SMILES string of the molecule is C=C(C)c1cccc(C(C)(C)C)c1.C=C(C)c1cccc(C(C)(C)NC(=O)OCC(COC(=O)NC(C)(C)c2cccc(C(=C)C)c2)COC(=O)NC(C)(C)c2cccc(C(=C)C)c2)c1.O=C(O)C(C(=O)O)C(=O)O.OCC(CO)CO.[AlH3].[H-].[Li+]. The van der Waals surface area contributed by atoms with Gasteiger partial charge in [-0.3, -0.25) is 14.4 Å². The molecule has 0 atom stereocenters. The van der Waals surface area contributed by atoms with E-state index in [0.29, 0.717) is 0 Å². The number of hydrogen-bond acceptors (Lipinski definition) is 12. The van der Waals surface area contributed by atoms with E-state index in [1.165, 1.54) is 11.1 Å². The van der Waals surface area contributed by atoms with E-state index in [2.05, 4.69) is 87.3 Å². The smallest absolute Gasteiger partial charge is 1.00 e. The first-order valence-electron chi connectivity index (χ1n) is 26.3. The van der Waals surface area contributed by atoms with E-state index < -0.39 is 64.6 Å². The fourth-order valence-corrected chi connectivity index (χ4v) is 7.08. The molecule has 4 rings (SSSR count). The van der Waals surface area contributed by atoms with Gasteiger partial charge in [0.1, 0.15) is 19.8 Å². The number of carboxylic acid groups (broad SMARTS) is 3. The molecule has 0 spiro atoms. The summed E-state index contributed by atoms with van der Waals surface area (Å²) in [4.78, 5) is 68.7.